The number of benzene rings is 1. The van der Waals surface area contributed by atoms with Gasteiger partial charge in [0.15, 0.2) is 5.82 Å². The summed E-state index contributed by atoms with van der Waals surface area (Å²) < 4.78 is 2.14. The highest BCUT2D eigenvalue weighted by atomic mass is 15.2. The Balaban J connectivity index is 2.33. The van der Waals surface area contributed by atoms with Crippen molar-refractivity contribution in [2.75, 3.05) is 0 Å². The second-order valence-corrected chi connectivity index (χ2v) is 4.68. The molecule has 0 aliphatic heterocycles. The number of nitriles is 1. The number of H-pyrrole nitrogens is 1. The predicted molar refractivity (Wildman–Crippen MR) is 72.4 cm³/mol. The van der Waals surface area contributed by atoms with Crippen molar-refractivity contribution in [2.45, 2.75) is 19.9 Å². The van der Waals surface area contributed by atoms with Crippen LogP contribution in [0.1, 0.15) is 25.5 Å². The van der Waals surface area contributed by atoms with Gasteiger partial charge in [0.1, 0.15) is 5.69 Å². The van der Waals surface area contributed by atoms with Crippen molar-refractivity contribution in [3.8, 4) is 17.6 Å². The largest absolute Gasteiger partial charge is 0.320 e. The maximum atomic E-state index is 8.97. The Hall–Kier alpha value is -2.61. The fourth-order valence-electron chi connectivity index (χ4n) is 2.26. The lowest BCUT2D eigenvalue weighted by Gasteiger charge is -2.11. The molecule has 0 fully saturated rings. The van der Waals surface area contributed by atoms with Crippen LogP contribution in [0.3, 0.4) is 0 Å². The summed E-state index contributed by atoms with van der Waals surface area (Å²) in [5, 5.41) is 15.9. The van der Waals surface area contributed by atoms with E-state index in [0.29, 0.717) is 5.56 Å². The van der Waals surface area contributed by atoms with Crippen molar-refractivity contribution in [3.63, 3.8) is 0 Å². The number of nitrogens with one attached hydrogen (secondary N) is 1. The van der Waals surface area contributed by atoms with Gasteiger partial charge >= 0.3 is 0 Å². The summed E-state index contributed by atoms with van der Waals surface area (Å²) in [4.78, 5) is 4.63. The van der Waals surface area contributed by atoms with Crippen LogP contribution in [0.5, 0.6) is 0 Å². The van der Waals surface area contributed by atoms with E-state index in [2.05, 4.69) is 39.7 Å². The van der Waals surface area contributed by atoms with Crippen LogP contribution in [0, 0.1) is 11.3 Å². The lowest BCUT2D eigenvalue weighted by atomic mass is 10.2. The molecule has 0 amide bonds. The van der Waals surface area contributed by atoms with E-state index in [1.54, 1.807) is 6.20 Å². The van der Waals surface area contributed by atoms with Gasteiger partial charge in [0.25, 0.3) is 0 Å². The monoisotopic (exact) mass is 251 g/mol. The highest BCUT2D eigenvalue weighted by Crippen LogP contribution is 2.27. The maximum absolute atomic E-state index is 8.97. The quantitative estimate of drug-likeness (QED) is 0.761. The molecule has 0 aliphatic carbocycles. The molecule has 0 radical (unpaired) electrons. The average molecular weight is 251 g/mol. The van der Waals surface area contributed by atoms with Crippen molar-refractivity contribution in [3.05, 3.63) is 36.0 Å². The molecule has 3 aromatic rings. The molecule has 0 unspecified atom stereocenters. The maximum Gasteiger partial charge on any atom is 0.159 e. The van der Waals surface area contributed by atoms with Crippen molar-refractivity contribution in [1.29, 1.82) is 5.26 Å². The van der Waals surface area contributed by atoms with E-state index in [0.717, 1.165) is 22.6 Å². The number of aromatic nitrogens is 4. The van der Waals surface area contributed by atoms with Gasteiger partial charge in [0, 0.05) is 12.2 Å². The summed E-state index contributed by atoms with van der Waals surface area (Å²) in [6, 6.07) is 9.89. The topological polar surface area (TPSA) is 70.3 Å². The fraction of sp³-hybridized carbons (Fsp3) is 0.214. The second-order valence-electron chi connectivity index (χ2n) is 4.68. The third kappa shape index (κ3) is 1.78. The first-order chi connectivity index (χ1) is 9.20. The van der Waals surface area contributed by atoms with E-state index in [1.807, 2.05) is 24.3 Å². The first-order valence-corrected chi connectivity index (χ1v) is 6.12. The number of rotatable bonds is 2. The molecule has 19 heavy (non-hydrogen) atoms. The third-order valence-electron chi connectivity index (χ3n) is 3.08. The molecule has 0 atom stereocenters. The lowest BCUT2D eigenvalue weighted by Crippen LogP contribution is -2.03. The smallest absolute Gasteiger partial charge is 0.159 e. The summed E-state index contributed by atoms with van der Waals surface area (Å²) >= 11 is 0. The average Bonchev–Trinajstić information content (AvgIpc) is 3.04. The number of nitrogens with zero attached hydrogens (tertiary/aromatic N) is 4. The zero-order valence-corrected chi connectivity index (χ0v) is 10.8. The number of fused-ring (bicyclic) bond motifs is 1. The van der Waals surface area contributed by atoms with Crippen LogP contribution in [-0.2, 0) is 0 Å². The molecule has 0 spiro atoms. The SMILES string of the molecule is CC(C)n1c(-c2ccn[nH]2)nc2cc(C#N)ccc21. The van der Waals surface area contributed by atoms with Crippen LogP contribution < -0.4 is 0 Å². The third-order valence-corrected chi connectivity index (χ3v) is 3.08. The summed E-state index contributed by atoms with van der Waals surface area (Å²) in [7, 11) is 0. The Morgan fingerprint density at radius 3 is 2.79 bits per heavy atom. The predicted octanol–water partition coefficient (Wildman–Crippen LogP) is 2.88. The number of hydrogen-bond donors (Lipinski definition) is 1. The van der Waals surface area contributed by atoms with E-state index >= 15 is 0 Å². The van der Waals surface area contributed by atoms with E-state index in [1.165, 1.54) is 0 Å². The zero-order valence-electron chi connectivity index (χ0n) is 10.8. The van der Waals surface area contributed by atoms with E-state index < -0.39 is 0 Å². The van der Waals surface area contributed by atoms with Crippen LogP contribution in [0.25, 0.3) is 22.6 Å². The van der Waals surface area contributed by atoms with Crippen LogP contribution >= 0.6 is 0 Å². The van der Waals surface area contributed by atoms with Crippen molar-refractivity contribution in [2.24, 2.45) is 0 Å². The van der Waals surface area contributed by atoms with Gasteiger partial charge in [-0.05, 0) is 38.1 Å². The first-order valence-electron chi connectivity index (χ1n) is 6.12. The highest BCUT2D eigenvalue weighted by molar-refractivity contribution is 5.81. The van der Waals surface area contributed by atoms with Crippen LogP contribution in [-0.4, -0.2) is 19.7 Å². The molecule has 3 rings (SSSR count). The zero-order chi connectivity index (χ0) is 13.4. The van der Waals surface area contributed by atoms with Crippen LogP contribution in [0.15, 0.2) is 30.5 Å². The molecule has 0 saturated carbocycles. The van der Waals surface area contributed by atoms with E-state index in [-0.39, 0.29) is 6.04 Å². The molecule has 1 aromatic carbocycles. The molecule has 2 aromatic heterocycles. The molecule has 0 bridgehead atoms. The van der Waals surface area contributed by atoms with Gasteiger partial charge in [-0.1, -0.05) is 0 Å². The van der Waals surface area contributed by atoms with Gasteiger partial charge in [-0.2, -0.15) is 10.4 Å². The summed E-state index contributed by atoms with van der Waals surface area (Å²) in [6.07, 6.45) is 1.71. The fourth-order valence-corrected chi connectivity index (χ4v) is 2.26. The minimum atomic E-state index is 0.274. The Kier molecular flexibility index (Phi) is 2.57. The Morgan fingerprint density at radius 1 is 1.32 bits per heavy atom. The molecule has 5 heteroatoms. The molecule has 1 N–H and O–H groups in total. The number of imidazole rings is 1. The van der Waals surface area contributed by atoms with Crippen LogP contribution in [0.2, 0.25) is 0 Å². The molecule has 94 valence electrons. The number of aromatic amines is 1. The van der Waals surface area contributed by atoms with Crippen molar-refractivity contribution in [1.82, 2.24) is 19.7 Å². The molecular formula is C14H13N5. The second kappa shape index (κ2) is 4.25. The van der Waals surface area contributed by atoms with Gasteiger partial charge < -0.3 is 4.57 Å². The van der Waals surface area contributed by atoms with Crippen molar-refractivity contribution < 1.29 is 0 Å². The Bertz CT molecular complexity index is 759. The normalized spacial score (nSPS) is 11.1. The summed E-state index contributed by atoms with van der Waals surface area (Å²) in [6.45, 7) is 4.22. The Labute approximate surface area is 110 Å². The minimum Gasteiger partial charge on any atom is -0.320 e. The molecule has 2 heterocycles. The molecule has 0 aliphatic rings. The first kappa shape index (κ1) is 11.5. The van der Waals surface area contributed by atoms with Gasteiger partial charge in [-0.3, -0.25) is 5.10 Å². The van der Waals surface area contributed by atoms with Crippen molar-refractivity contribution >= 4 is 11.0 Å². The minimum absolute atomic E-state index is 0.274. The van der Waals surface area contributed by atoms with Gasteiger partial charge in [0.05, 0.1) is 22.7 Å². The van der Waals surface area contributed by atoms with E-state index in [9.17, 15) is 0 Å². The summed E-state index contributed by atoms with van der Waals surface area (Å²) in [5.74, 6) is 0.845. The lowest BCUT2D eigenvalue weighted by molar-refractivity contribution is 0.623. The molecule has 5 nitrogen and oxygen atoms in total. The van der Waals surface area contributed by atoms with Gasteiger partial charge in [-0.25, -0.2) is 4.98 Å². The van der Waals surface area contributed by atoms with Gasteiger partial charge in [-0.15, -0.1) is 0 Å². The Morgan fingerprint density at radius 2 is 2.16 bits per heavy atom. The number of hydrogen-bond acceptors (Lipinski definition) is 3. The molecule has 0 saturated heterocycles. The van der Waals surface area contributed by atoms with Gasteiger partial charge in [0.2, 0.25) is 0 Å². The highest BCUT2D eigenvalue weighted by Gasteiger charge is 2.15. The van der Waals surface area contributed by atoms with Crippen LogP contribution in [0.4, 0.5) is 0 Å². The summed E-state index contributed by atoms with van der Waals surface area (Å²) in [5.41, 5.74) is 3.36. The molecular weight excluding hydrogens is 238 g/mol. The van der Waals surface area contributed by atoms with E-state index in [4.69, 9.17) is 5.26 Å². The standard InChI is InChI=1S/C14H13N5/c1-9(2)19-13-4-3-10(8-15)7-12(13)17-14(19)11-5-6-16-18-11/h3-7,9H,1-2H3,(H,16,18).